The van der Waals surface area contributed by atoms with Crippen molar-refractivity contribution < 1.29 is 26.9 Å². The Labute approximate surface area is 207 Å². The van der Waals surface area contributed by atoms with Gasteiger partial charge in [-0.15, -0.1) is 0 Å². The van der Waals surface area contributed by atoms with Gasteiger partial charge in [-0.2, -0.15) is 0 Å². The van der Waals surface area contributed by atoms with Crippen LogP contribution in [0, 0.1) is 10.1 Å². The van der Waals surface area contributed by atoms with E-state index in [2.05, 4.69) is 5.10 Å². The maximum Gasteiger partial charge on any atom is 0.340 e. The quantitative estimate of drug-likeness (QED) is 0.199. The molecule has 0 amide bonds. The second-order valence-corrected chi connectivity index (χ2v) is 7.51. The minimum absolute atomic E-state index is 0. The number of hydrogen-bond acceptors (Lipinski definition) is 5. The van der Waals surface area contributed by atoms with Crippen molar-refractivity contribution in [1.29, 1.82) is 0 Å². The normalized spacial score (nSPS) is 10.4. The fourth-order valence-electron chi connectivity index (χ4n) is 3.44. The maximum absolute atomic E-state index is 11.0. The van der Waals surface area contributed by atoms with Crippen molar-refractivity contribution in [3.8, 4) is 28.5 Å². The van der Waals surface area contributed by atoms with Gasteiger partial charge in [-0.25, -0.2) is 0 Å². The van der Waals surface area contributed by atoms with E-state index in [4.69, 9.17) is 9.84 Å². The highest BCUT2D eigenvalue weighted by atomic mass is 35.5. The maximum atomic E-state index is 11.0. The van der Waals surface area contributed by atoms with Crippen LogP contribution in [0.3, 0.4) is 0 Å². The van der Waals surface area contributed by atoms with Crippen molar-refractivity contribution in [2.45, 2.75) is 6.61 Å². The average molecular weight is 486 g/mol. The summed E-state index contributed by atoms with van der Waals surface area (Å²) in [5, 5.41) is 20.4. The molecule has 0 bridgehead atoms. The molecule has 0 saturated carbocycles. The first-order valence-electron chi connectivity index (χ1n) is 10.6. The van der Waals surface area contributed by atoms with Gasteiger partial charge in [-0.1, -0.05) is 48.5 Å². The Kier molecular flexibility index (Phi) is 7.13. The summed E-state index contributed by atoms with van der Waals surface area (Å²) in [5.41, 5.74) is 3.39. The summed E-state index contributed by atoms with van der Waals surface area (Å²) in [4.78, 5) is 13.9. The first kappa shape index (κ1) is 23.6. The zero-order valence-corrected chi connectivity index (χ0v) is 19.2. The number of hydrogen-bond donors (Lipinski definition) is 0. The van der Waals surface area contributed by atoms with E-state index in [0.29, 0.717) is 18.1 Å². The molecule has 1 aromatic heterocycles. The highest BCUT2D eigenvalue weighted by Crippen LogP contribution is 2.21. The number of nitrogens with zero attached hydrogens (tertiary/aromatic N) is 5. The number of nitro groups is 1. The van der Waals surface area contributed by atoms with Crippen LogP contribution < -0.4 is 21.9 Å². The van der Waals surface area contributed by atoms with Gasteiger partial charge in [0.15, 0.2) is 5.69 Å². The molecule has 5 aromatic rings. The number of aromatic nitrogens is 4. The van der Waals surface area contributed by atoms with Gasteiger partial charge in [0, 0.05) is 16.9 Å². The SMILES string of the molecule is O=[N+]([O-])c1ccc(-[n+]2nc(-c3ccc(OCc4ccccc4)cc3)nn2-c2ccccc2)cc1.[Cl-]. The van der Waals surface area contributed by atoms with Gasteiger partial charge in [-0.3, -0.25) is 10.1 Å². The van der Waals surface area contributed by atoms with Crippen molar-refractivity contribution in [3.05, 3.63) is 125 Å². The molecule has 0 aliphatic rings. The van der Waals surface area contributed by atoms with E-state index in [1.807, 2.05) is 84.9 Å². The third-order valence-electron chi connectivity index (χ3n) is 5.20. The molecule has 0 N–H and O–H groups in total. The van der Waals surface area contributed by atoms with Crippen LogP contribution in [0.25, 0.3) is 22.8 Å². The van der Waals surface area contributed by atoms with Gasteiger partial charge >= 0.3 is 5.82 Å². The Balaban J connectivity index is 0.00000289. The van der Waals surface area contributed by atoms with Crippen LogP contribution in [0.4, 0.5) is 5.69 Å². The highest BCUT2D eigenvalue weighted by Gasteiger charge is 2.24. The summed E-state index contributed by atoms with van der Waals surface area (Å²) in [5.74, 6) is 1.26. The minimum atomic E-state index is -0.427. The van der Waals surface area contributed by atoms with Crippen molar-refractivity contribution >= 4 is 5.69 Å². The van der Waals surface area contributed by atoms with Crippen LogP contribution in [0.15, 0.2) is 109 Å². The summed E-state index contributed by atoms with van der Waals surface area (Å²) in [7, 11) is 0. The number of nitro benzene ring substituents is 1. The molecule has 35 heavy (non-hydrogen) atoms. The molecule has 0 saturated heterocycles. The smallest absolute Gasteiger partial charge is 0.340 e. The van der Waals surface area contributed by atoms with Crippen LogP contribution in [0.2, 0.25) is 0 Å². The standard InChI is InChI=1S/C26H20N5O3.ClH/c32-31(33)24-15-13-23(14-16-24)30-28-26(27-29(30)22-9-5-2-6-10-22)21-11-17-25(18-12-21)34-19-20-7-3-1-4-8-20;/h1-18H,19H2;1H/q+1;/p-1. The van der Waals surface area contributed by atoms with E-state index in [0.717, 1.165) is 22.6 Å². The number of halogens is 1. The highest BCUT2D eigenvalue weighted by molar-refractivity contribution is 5.55. The predicted octanol–water partition coefficient (Wildman–Crippen LogP) is 1.70. The third kappa shape index (κ3) is 5.34. The first-order chi connectivity index (χ1) is 16.7. The van der Waals surface area contributed by atoms with Gasteiger partial charge in [0.05, 0.1) is 15.6 Å². The molecule has 0 spiro atoms. The van der Waals surface area contributed by atoms with E-state index in [1.54, 1.807) is 21.7 Å². The van der Waals surface area contributed by atoms with Crippen LogP contribution in [0.1, 0.15) is 5.56 Å². The Bertz CT molecular complexity index is 1410. The van der Waals surface area contributed by atoms with Gasteiger partial charge in [0.2, 0.25) is 0 Å². The second kappa shape index (κ2) is 10.6. The van der Waals surface area contributed by atoms with E-state index in [-0.39, 0.29) is 18.1 Å². The van der Waals surface area contributed by atoms with Gasteiger partial charge in [0.25, 0.3) is 5.69 Å². The first-order valence-corrected chi connectivity index (χ1v) is 10.6. The zero-order chi connectivity index (χ0) is 23.3. The summed E-state index contributed by atoms with van der Waals surface area (Å²) >= 11 is 0. The molecule has 0 aliphatic heterocycles. The van der Waals surface area contributed by atoms with Crippen molar-refractivity contribution in [1.82, 2.24) is 15.0 Å². The summed E-state index contributed by atoms with van der Waals surface area (Å²) in [6, 6.07) is 33.3. The topological polar surface area (TPSA) is 87.0 Å². The Morgan fingerprint density at radius 1 is 0.829 bits per heavy atom. The monoisotopic (exact) mass is 485 g/mol. The Morgan fingerprint density at radius 3 is 2.09 bits per heavy atom. The van der Waals surface area contributed by atoms with Gasteiger partial charge in [0.1, 0.15) is 18.0 Å². The number of ether oxygens (including phenoxy) is 1. The zero-order valence-electron chi connectivity index (χ0n) is 18.4. The fourth-order valence-corrected chi connectivity index (χ4v) is 3.44. The fraction of sp³-hybridized carbons (Fsp3) is 0.0385. The average Bonchev–Trinajstić information content (AvgIpc) is 3.34. The number of tetrazole rings is 1. The number of benzene rings is 4. The molecule has 0 fully saturated rings. The number of rotatable bonds is 7. The van der Waals surface area contributed by atoms with E-state index >= 15 is 0 Å². The molecule has 1 heterocycles. The summed E-state index contributed by atoms with van der Waals surface area (Å²) in [6.45, 7) is 0.487. The van der Waals surface area contributed by atoms with E-state index in [1.165, 1.54) is 12.1 Å². The molecule has 0 unspecified atom stereocenters. The Morgan fingerprint density at radius 2 is 1.46 bits per heavy atom. The van der Waals surface area contributed by atoms with E-state index in [9.17, 15) is 10.1 Å². The lowest BCUT2D eigenvalue weighted by Crippen LogP contribution is -3.00. The summed E-state index contributed by atoms with van der Waals surface area (Å²) in [6.07, 6.45) is 0. The molecule has 4 aromatic carbocycles. The van der Waals surface area contributed by atoms with Crippen molar-refractivity contribution in [3.63, 3.8) is 0 Å². The van der Waals surface area contributed by atoms with Gasteiger partial charge < -0.3 is 17.1 Å². The largest absolute Gasteiger partial charge is 1.00 e. The lowest BCUT2D eigenvalue weighted by molar-refractivity contribution is -0.734. The molecule has 0 aliphatic carbocycles. The molecular weight excluding hydrogens is 466 g/mol. The molecule has 174 valence electrons. The van der Waals surface area contributed by atoms with Crippen LogP contribution in [-0.2, 0) is 6.61 Å². The molecule has 0 radical (unpaired) electrons. The third-order valence-corrected chi connectivity index (χ3v) is 5.20. The van der Waals surface area contributed by atoms with Crippen molar-refractivity contribution in [2.75, 3.05) is 0 Å². The Hall–Kier alpha value is -4.56. The number of non-ortho nitro benzene ring substituents is 1. The summed E-state index contributed by atoms with van der Waals surface area (Å²) < 4.78 is 5.87. The lowest BCUT2D eigenvalue weighted by atomic mass is 10.2. The van der Waals surface area contributed by atoms with Crippen LogP contribution in [0.5, 0.6) is 5.75 Å². The molecule has 9 heteroatoms. The van der Waals surface area contributed by atoms with Crippen LogP contribution in [-0.4, -0.2) is 19.9 Å². The minimum Gasteiger partial charge on any atom is -1.00 e. The van der Waals surface area contributed by atoms with Crippen molar-refractivity contribution in [2.24, 2.45) is 0 Å². The molecule has 5 rings (SSSR count). The van der Waals surface area contributed by atoms with Crippen LogP contribution >= 0.6 is 0 Å². The van der Waals surface area contributed by atoms with Gasteiger partial charge in [-0.05, 0) is 64.0 Å². The molecular formula is C26H20ClN5O3. The second-order valence-electron chi connectivity index (χ2n) is 7.51. The molecule has 0 atom stereocenters. The predicted molar refractivity (Wildman–Crippen MR) is 126 cm³/mol. The number of para-hydroxylation sites is 1. The lowest BCUT2D eigenvalue weighted by Gasteiger charge is -2.05. The molecule has 8 nitrogen and oxygen atoms in total. The van der Waals surface area contributed by atoms with E-state index < -0.39 is 4.92 Å².